The molecule has 1 atom stereocenters. The topological polar surface area (TPSA) is 48.0 Å². The molecule has 1 heterocycles. The molecule has 2 aromatic carbocycles. The van der Waals surface area contributed by atoms with Crippen molar-refractivity contribution in [1.29, 1.82) is 0 Å². The van der Waals surface area contributed by atoms with E-state index in [-0.39, 0.29) is 17.6 Å². The molecule has 1 aliphatic rings. The number of methoxy groups -OCH3 is 1. The van der Waals surface area contributed by atoms with Crippen molar-refractivity contribution in [2.75, 3.05) is 25.2 Å². The first-order valence-corrected chi connectivity index (χ1v) is 8.73. The zero-order chi connectivity index (χ0) is 18.7. The van der Waals surface area contributed by atoms with Crippen molar-refractivity contribution in [3.63, 3.8) is 0 Å². The van der Waals surface area contributed by atoms with Gasteiger partial charge in [-0.2, -0.15) is 0 Å². The van der Waals surface area contributed by atoms with Gasteiger partial charge in [0.05, 0.1) is 13.7 Å². The van der Waals surface area contributed by atoms with E-state index in [1.54, 1.807) is 12.0 Å². The van der Waals surface area contributed by atoms with E-state index in [4.69, 9.17) is 14.2 Å². The molecule has 3 rings (SSSR count). The number of para-hydroxylation sites is 1. The van der Waals surface area contributed by atoms with Gasteiger partial charge in [-0.25, -0.2) is 4.79 Å². The highest BCUT2D eigenvalue weighted by atomic mass is 16.6. The molecule has 1 saturated heterocycles. The third-order valence-electron chi connectivity index (χ3n) is 4.36. The fourth-order valence-electron chi connectivity index (χ4n) is 2.98. The second kappa shape index (κ2) is 7.28. The predicted octanol–water partition coefficient (Wildman–Crippen LogP) is 4.40. The number of ether oxygens (including phenoxy) is 3. The Morgan fingerprint density at radius 1 is 1.15 bits per heavy atom. The predicted molar refractivity (Wildman–Crippen MR) is 101 cm³/mol. The van der Waals surface area contributed by atoms with Crippen LogP contribution in [0.25, 0.3) is 0 Å². The van der Waals surface area contributed by atoms with Gasteiger partial charge in [-0.05, 0) is 35.7 Å². The van der Waals surface area contributed by atoms with E-state index in [2.05, 4.69) is 20.8 Å². The zero-order valence-corrected chi connectivity index (χ0v) is 15.7. The largest absolute Gasteiger partial charge is 0.496 e. The minimum atomic E-state index is -0.338. The summed E-state index contributed by atoms with van der Waals surface area (Å²) in [6.45, 7) is 7.18. The minimum absolute atomic E-state index is 0.0609. The maximum absolute atomic E-state index is 12.1. The molecule has 26 heavy (non-hydrogen) atoms. The Balaban J connectivity index is 1.66. The first kappa shape index (κ1) is 18.1. The molecule has 1 amide bonds. The first-order chi connectivity index (χ1) is 12.4. The van der Waals surface area contributed by atoms with Crippen LogP contribution in [0.15, 0.2) is 48.5 Å². The Bertz CT molecular complexity index is 767. The van der Waals surface area contributed by atoms with Crippen molar-refractivity contribution < 1.29 is 19.0 Å². The summed E-state index contributed by atoms with van der Waals surface area (Å²) in [7, 11) is 1.67. The maximum Gasteiger partial charge on any atom is 0.414 e. The number of anilines is 1. The number of benzene rings is 2. The van der Waals surface area contributed by atoms with Crippen molar-refractivity contribution in [3.05, 3.63) is 54.1 Å². The van der Waals surface area contributed by atoms with Crippen LogP contribution in [0.5, 0.6) is 11.5 Å². The van der Waals surface area contributed by atoms with Gasteiger partial charge in [0.2, 0.25) is 0 Å². The number of carbonyl (C=O) groups excluding carboxylic acids is 1. The van der Waals surface area contributed by atoms with E-state index >= 15 is 0 Å². The van der Waals surface area contributed by atoms with Crippen LogP contribution in [-0.2, 0) is 10.2 Å². The summed E-state index contributed by atoms with van der Waals surface area (Å²) in [5.41, 5.74) is 1.85. The number of rotatable bonds is 5. The van der Waals surface area contributed by atoms with Crippen molar-refractivity contribution >= 4 is 11.8 Å². The Morgan fingerprint density at radius 3 is 2.54 bits per heavy atom. The van der Waals surface area contributed by atoms with Gasteiger partial charge >= 0.3 is 6.09 Å². The van der Waals surface area contributed by atoms with Crippen LogP contribution in [0.3, 0.4) is 0 Å². The second-order valence-corrected chi connectivity index (χ2v) is 7.38. The monoisotopic (exact) mass is 355 g/mol. The lowest BCUT2D eigenvalue weighted by atomic mass is 9.86. The summed E-state index contributed by atoms with van der Waals surface area (Å²) in [5, 5.41) is 0. The molecule has 2 aromatic rings. The molecule has 0 saturated carbocycles. The number of hydrogen-bond donors (Lipinski definition) is 0. The lowest BCUT2D eigenvalue weighted by Crippen LogP contribution is -2.26. The van der Waals surface area contributed by atoms with Gasteiger partial charge in [-0.3, -0.25) is 4.90 Å². The van der Waals surface area contributed by atoms with E-state index in [1.165, 1.54) is 0 Å². The van der Waals surface area contributed by atoms with Crippen molar-refractivity contribution in [2.45, 2.75) is 32.3 Å². The van der Waals surface area contributed by atoms with Crippen LogP contribution < -0.4 is 14.4 Å². The summed E-state index contributed by atoms with van der Waals surface area (Å²) in [6.07, 6.45) is -0.641. The molecule has 0 aromatic heterocycles. The molecule has 0 N–H and O–H groups in total. The molecule has 138 valence electrons. The van der Waals surface area contributed by atoms with E-state index < -0.39 is 0 Å². The fraction of sp³-hybridized carbons (Fsp3) is 0.381. The Labute approximate surface area is 154 Å². The first-order valence-electron chi connectivity index (χ1n) is 8.73. The highest BCUT2D eigenvalue weighted by molar-refractivity contribution is 5.89. The average Bonchev–Trinajstić information content (AvgIpc) is 3.00. The van der Waals surface area contributed by atoms with Gasteiger partial charge in [0.1, 0.15) is 18.1 Å². The van der Waals surface area contributed by atoms with E-state index in [0.717, 1.165) is 22.7 Å². The van der Waals surface area contributed by atoms with Crippen molar-refractivity contribution in [3.8, 4) is 11.5 Å². The number of cyclic esters (lactones) is 1. The SMILES string of the molecule is COc1ccc(OCC2CN(c3ccccc3)C(=O)O2)cc1C(C)(C)C. The quantitative estimate of drug-likeness (QED) is 0.798. The highest BCUT2D eigenvalue weighted by Crippen LogP contribution is 2.34. The van der Waals surface area contributed by atoms with Gasteiger partial charge in [0.15, 0.2) is 6.10 Å². The standard InChI is InChI=1S/C21H25NO4/c1-21(2,3)18-12-16(10-11-19(18)24-4)25-14-17-13-22(20(23)26-17)15-8-6-5-7-9-15/h5-12,17H,13-14H2,1-4H3. The molecule has 5 heteroatoms. The zero-order valence-electron chi connectivity index (χ0n) is 15.7. The summed E-state index contributed by atoms with van der Waals surface area (Å²) < 4.78 is 16.8. The van der Waals surface area contributed by atoms with Gasteiger partial charge in [0.25, 0.3) is 0 Å². The van der Waals surface area contributed by atoms with E-state index in [0.29, 0.717) is 13.2 Å². The highest BCUT2D eigenvalue weighted by Gasteiger charge is 2.32. The Hall–Kier alpha value is -2.69. The number of nitrogens with zero attached hydrogens (tertiary/aromatic N) is 1. The number of amides is 1. The Kier molecular flexibility index (Phi) is 5.07. The summed E-state index contributed by atoms with van der Waals surface area (Å²) in [6, 6.07) is 15.3. The summed E-state index contributed by atoms with van der Waals surface area (Å²) in [5.74, 6) is 1.58. The van der Waals surface area contributed by atoms with E-state index in [1.807, 2.05) is 48.5 Å². The van der Waals surface area contributed by atoms with Crippen LogP contribution in [0.2, 0.25) is 0 Å². The number of carbonyl (C=O) groups is 1. The minimum Gasteiger partial charge on any atom is -0.496 e. The Morgan fingerprint density at radius 2 is 1.88 bits per heavy atom. The fourth-order valence-corrected chi connectivity index (χ4v) is 2.98. The van der Waals surface area contributed by atoms with Crippen LogP contribution in [0, 0.1) is 0 Å². The lowest BCUT2D eigenvalue weighted by molar-refractivity contribution is 0.105. The van der Waals surface area contributed by atoms with Gasteiger partial charge in [-0.15, -0.1) is 0 Å². The molecule has 0 radical (unpaired) electrons. The maximum atomic E-state index is 12.1. The average molecular weight is 355 g/mol. The third kappa shape index (κ3) is 3.93. The van der Waals surface area contributed by atoms with Crippen molar-refractivity contribution in [1.82, 2.24) is 0 Å². The van der Waals surface area contributed by atoms with Crippen LogP contribution >= 0.6 is 0 Å². The van der Waals surface area contributed by atoms with Crippen LogP contribution in [0.4, 0.5) is 10.5 Å². The molecule has 0 aliphatic carbocycles. The molecule has 5 nitrogen and oxygen atoms in total. The van der Waals surface area contributed by atoms with Crippen LogP contribution in [0.1, 0.15) is 26.3 Å². The molecule has 1 unspecified atom stereocenters. The van der Waals surface area contributed by atoms with E-state index in [9.17, 15) is 4.79 Å². The molecule has 1 fully saturated rings. The normalized spacial score (nSPS) is 17.2. The van der Waals surface area contributed by atoms with Crippen LogP contribution in [-0.4, -0.2) is 32.5 Å². The second-order valence-electron chi connectivity index (χ2n) is 7.38. The third-order valence-corrected chi connectivity index (χ3v) is 4.36. The molecule has 1 aliphatic heterocycles. The molecule has 0 bridgehead atoms. The smallest absolute Gasteiger partial charge is 0.414 e. The number of hydrogen-bond acceptors (Lipinski definition) is 4. The lowest BCUT2D eigenvalue weighted by Gasteiger charge is -2.23. The summed E-state index contributed by atoms with van der Waals surface area (Å²) in [4.78, 5) is 13.7. The molecular weight excluding hydrogens is 330 g/mol. The van der Waals surface area contributed by atoms with Crippen molar-refractivity contribution in [2.24, 2.45) is 0 Å². The summed E-state index contributed by atoms with van der Waals surface area (Å²) >= 11 is 0. The van der Waals surface area contributed by atoms with Gasteiger partial charge in [-0.1, -0.05) is 39.0 Å². The molecular formula is C21H25NO4. The molecule has 0 spiro atoms. The van der Waals surface area contributed by atoms with Gasteiger partial charge in [0, 0.05) is 11.3 Å². The van der Waals surface area contributed by atoms with Gasteiger partial charge < -0.3 is 14.2 Å².